The van der Waals surface area contributed by atoms with Gasteiger partial charge in [0.1, 0.15) is 5.82 Å². The van der Waals surface area contributed by atoms with Crippen molar-refractivity contribution in [3.63, 3.8) is 0 Å². The topological polar surface area (TPSA) is 50.7 Å². The van der Waals surface area contributed by atoms with Crippen LogP contribution in [0.4, 0.5) is 30.7 Å². The predicted octanol–water partition coefficient (Wildman–Crippen LogP) is 4.73. The lowest BCUT2D eigenvalue weighted by atomic mass is 9.99. The summed E-state index contributed by atoms with van der Waals surface area (Å²) in [6, 6.07) is 5.77. The van der Waals surface area contributed by atoms with Crippen molar-refractivity contribution >= 4 is 0 Å². The fraction of sp³-hybridized carbons (Fsp3) is 0.400. The Labute approximate surface area is 172 Å². The van der Waals surface area contributed by atoms with Crippen LogP contribution in [-0.2, 0) is 27.6 Å². The molecule has 1 aliphatic heterocycles. The molecule has 2 aromatic rings. The fourth-order valence-corrected chi connectivity index (χ4v) is 3.17. The first-order valence-corrected chi connectivity index (χ1v) is 9.10. The van der Waals surface area contributed by atoms with Crippen LogP contribution < -0.4 is 5.32 Å². The molecule has 1 aliphatic rings. The van der Waals surface area contributed by atoms with Gasteiger partial charge in [-0.2, -0.15) is 26.3 Å². The normalized spacial score (nSPS) is 23.6. The lowest BCUT2D eigenvalue weighted by Crippen LogP contribution is -2.58. The monoisotopic (exact) mass is 453 g/mol. The average Bonchev–Trinajstić information content (AvgIpc) is 2.68. The predicted molar refractivity (Wildman–Crippen MR) is 94.0 cm³/mol. The number of alkyl halides is 6. The zero-order valence-electron chi connectivity index (χ0n) is 16.0. The summed E-state index contributed by atoms with van der Waals surface area (Å²) < 4.78 is 103. The third-order valence-corrected chi connectivity index (χ3v) is 4.80. The van der Waals surface area contributed by atoms with Gasteiger partial charge in [0, 0.05) is 12.1 Å². The number of ether oxygens (including phenoxy) is 2. The van der Waals surface area contributed by atoms with Crippen molar-refractivity contribution in [3.8, 4) is 0 Å². The van der Waals surface area contributed by atoms with Crippen LogP contribution in [0.2, 0.25) is 0 Å². The Kier molecular flexibility index (Phi) is 6.34. The van der Waals surface area contributed by atoms with E-state index in [1.54, 1.807) is 0 Å². The fourth-order valence-electron chi connectivity index (χ4n) is 3.17. The molecule has 0 amide bonds. The van der Waals surface area contributed by atoms with Gasteiger partial charge >= 0.3 is 12.4 Å². The maximum absolute atomic E-state index is 13.2. The van der Waals surface area contributed by atoms with Crippen molar-refractivity contribution in [3.05, 3.63) is 70.5 Å². The molecule has 3 atom stereocenters. The number of morpholine rings is 1. The molecule has 4 nitrogen and oxygen atoms in total. The summed E-state index contributed by atoms with van der Waals surface area (Å²) in [5.74, 6) is -0.571. The largest absolute Gasteiger partial charge is 0.416 e. The summed E-state index contributed by atoms with van der Waals surface area (Å²) in [6.07, 6.45) is -12.8. The van der Waals surface area contributed by atoms with E-state index in [1.807, 2.05) is 0 Å². The van der Waals surface area contributed by atoms with Crippen molar-refractivity contribution in [2.24, 2.45) is 0 Å². The third-order valence-electron chi connectivity index (χ3n) is 4.80. The Morgan fingerprint density at radius 1 is 1.03 bits per heavy atom. The Morgan fingerprint density at radius 3 is 2.10 bits per heavy atom. The lowest BCUT2D eigenvalue weighted by Gasteiger charge is -2.41. The summed E-state index contributed by atoms with van der Waals surface area (Å²) in [4.78, 5) is 0. The maximum atomic E-state index is 13.2. The van der Waals surface area contributed by atoms with E-state index in [1.165, 1.54) is 19.1 Å². The molecule has 1 fully saturated rings. The van der Waals surface area contributed by atoms with Crippen LogP contribution in [0.5, 0.6) is 0 Å². The zero-order valence-corrected chi connectivity index (χ0v) is 16.0. The number of hydrogen-bond acceptors (Lipinski definition) is 4. The molecule has 2 N–H and O–H groups in total. The van der Waals surface area contributed by atoms with Crippen LogP contribution in [0.25, 0.3) is 0 Å². The second kappa shape index (κ2) is 8.38. The summed E-state index contributed by atoms with van der Waals surface area (Å²) in [7, 11) is 0. The highest BCUT2D eigenvalue weighted by molar-refractivity contribution is 5.35. The van der Waals surface area contributed by atoms with E-state index in [0.717, 1.165) is 12.1 Å². The van der Waals surface area contributed by atoms with E-state index < -0.39 is 53.0 Å². The Bertz CT molecular complexity index is 882. The van der Waals surface area contributed by atoms with Gasteiger partial charge < -0.3 is 14.6 Å². The van der Waals surface area contributed by atoms with Gasteiger partial charge in [0.25, 0.3) is 0 Å². The van der Waals surface area contributed by atoms with Crippen molar-refractivity contribution in [1.82, 2.24) is 5.32 Å². The molecule has 0 saturated carbocycles. The number of hydrogen-bond donors (Lipinski definition) is 2. The Morgan fingerprint density at radius 2 is 1.58 bits per heavy atom. The van der Waals surface area contributed by atoms with Crippen molar-refractivity contribution in [2.75, 3.05) is 13.2 Å². The maximum Gasteiger partial charge on any atom is 0.416 e. The second-order valence-electron chi connectivity index (χ2n) is 7.02. The molecule has 31 heavy (non-hydrogen) atoms. The summed E-state index contributed by atoms with van der Waals surface area (Å²) in [5.41, 5.74) is -5.23. The summed E-state index contributed by atoms with van der Waals surface area (Å²) in [5, 5.41) is 13.7. The highest BCUT2D eigenvalue weighted by Gasteiger charge is 2.44. The van der Waals surface area contributed by atoms with E-state index in [-0.39, 0.29) is 24.8 Å². The molecule has 3 rings (SSSR count). The van der Waals surface area contributed by atoms with Crippen LogP contribution in [-0.4, -0.2) is 24.5 Å². The van der Waals surface area contributed by atoms with Crippen LogP contribution in [0.3, 0.4) is 0 Å². The van der Waals surface area contributed by atoms with E-state index >= 15 is 0 Å². The number of aliphatic hydroxyl groups is 1. The number of benzene rings is 2. The van der Waals surface area contributed by atoms with Crippen LogP contribution in [0, 0.1) is 5.82 Å². The number of nitrogens with one attached hydrogen (secondary N) is 1. The molecular weight excluding hydrogens is 435 g/mol. The molecule has 0 aromatic heterocycles. The van der Waals surface area contributed by atoms with E-state index in [4.69, 9.17) is 9.47 Å². The summed E-state index contributed by atoms with van der Waals surface area (Å²) in [6.45, 7) is 1.46. The molecule has 0 radical (unpaired) electrons. The Balaban J connectivity index is 1.93. The van der Waals surface area contributed by atoms with Gasteiger partial charge in [0.05, 0.1) is 23.8 Å². The highest BCUT2D eigenvalue weighted by Crippen LogP contribution is 2.39. The lowest BCUT2D eigenvalue weighted by molar-refractivity contribution is -0.289. The molecule has 11 heteroatoms. The van der Waals surface area contributed by atoms with Gasteiger partial charge in [0.2, 0.25) is 6.29 Å². The third kappa shape index (κ3) is 5.17. The molecule has 170 valence electrons. The van der Waals surface area contributed by atoms with Gasteiger partial charge in [-0.1, -0.05) is 12.1 Å². The van der Waals surface area contributed by atoms with Gasteiger partial charge in [-0.25, -0.2) is 4.39 Å². The first-order chi connectivity index (χ1) is 14.3. The van der Waals surface area contributed by atoms with Gasteiger partial charge in [-0.05, 0) is 42.8 Å². The second-order valence-corrected chi connectivity index (χ2v) is 7.02. The van der Waals surface area contributed by atoms with Gasteiger partial charge in [0.15, 0.2) is 5.72 Å². The SMILES string of the molecule is C[C@@H](O[C@H]1OCCN[C@@]1(O)c1ccc(F)cc1)c1cc(C(F)(F)F)cc(C(F)(F)F)c1. The standard InChI is InChI=1S/C20H18F7NO3/c1-11(12-8-14(19(22,23)24)10-15(9-12)20(25,26)27)31-17-18(29,28-6-7-30-17)13-2-4-16(21)5-3-13/h2-5,8-11,17,28-29H,6-7H2,1H3/t11-,17-,18-/m1/s1. The molecular formula is C20H18F7NO3. The Hall–Kier alpha value is -2.21. The average molecular weight is 453 g/mol. The molecule has 0 unspecified atom stereocenters. The van der Waals surface area contributed by atoms with Gasteiger partial charge in [-0.15, -0.1) is 0 Å². The zero-order chi connectivity index (χ0) is 23.0. The molecule has 1 saturated heterocycles. The summed E-state index contributed by atoms with van der Waals surface area (Å²) >= 11 is 0. The van der Waals surface area contributed by atoms with Crippen LogP contribution >= 0.6 is 0 Å². The van der Waals surface area contributed by atoms with Crippen molar-refractivity contribution < 1.29 is 45.3 Å². The van der Waals surface area contributed by atoms with E-state index in [2.05, 4.69) is 5.32 Å². The molecule has 0 spiro atoms. The van der Waals surface area contributed by atoms with Crippen molar-refractivity contribution in [1.29, 1.82) is 0 Å². The number of rotatable bonds is 4. The minimum atomic E-state index is -5.01. The van der Waals surface area contributed by atoms with Crippen LogP contribution in [0.15, 0.2) is 42.5 Å². The minimum Gasteiger partial charge on any atom is -0.367 e. The first kappa shape index (κ1) is 23.5. The molecule has 1 heterocycles. The van der Waals surface area contributed by atoms with Gasteiger partial charge in [-0.3, -0.25) is 5.32 Å². The number of halogens is 7. The van der Waals surface area contributed by atoms with E-state index in [0.29, 0.717) is 12.1 Å². The van der Waals surface area contributed by atoms with Crippen LogP contribution in [0.1, 0.15) is 35.3 Å². The molecule has 0 aliphatic carbocycles. The van der Waals surface area contributed by atoms with Crippen molar-refractivity contribution in [2.45, 2.75) is 37.4 Å². The minimum absolute atomic E-state index is 0.0176. The highest BCUT2D eigenvalue weighted by atomic mass is 19.4. The smallest absolute Gasteiger partial charge is 0.367 e. The molecule has 0 bridgehead atoms. The van der Waals surface area contributed by atoms with E-state index in [9.17, 15) is 35.8 Å². The quantitative estimate of drug-likeness (QED) is 0.658. The molecule has 2 aromatic carbocycles. The first-order valence-electron chi connectivity index (χ1n) is 9.10.